The lowest BCUT2D eigenvalue weighted by Crippen LogP contribution is -2.34. The number of allylic oxidation sites excluding steroid dienone is 7. The van der Waals surface area contributed by atoms with Crippen LogP contribution in [0.3, 0.4) is 0 Å². The fraction of sp³-hybridized carbons (Fsp3) is 0.0909. The van der Waals surface area contributed by atoms with Crippen molar-refractivity contribution in [2.45, 2.75) is 25.3 Å². The summed E-state index contributed by atoms with van der Waals surface area (Å²) in [6, 6.07) is 49.6. The number of nitrogens with one attached hydrogen (secondary N) is 1. The van der Waals surface area contributed by atoms with Crippen molar-refractivity contribution in [2.24, 2.45) is 5.92 Å². The number of hydrogen-bond donors (Lipinski definition) is 1. The second-order valence-corrected chi connectivity index (χ2v) is 17.2. The highest BCUT2D eigenvalue weighted by molar-refractivity contribution is 8.11. The van der Waals surface area contributed by atoms with Gasteiger partial charge >= 0.3 is 0 Å². The van der Waals surface area contributed by atoms with Gasteiger partial charge in [0.15, 0.2) is 0 Å². The minimum Gasteiger partial charge on any atom is -0.456 e. The smallest absolute Gasteiger partial charge is 0.135 e. The van der Waals surface area contributed by atoms with Gasteiger partial charge in [0.05, 0.1) is 16.9 Å². The highest BCUT2D eigenvalue weighted by Gasteiger charge is 2.40. The van der Waals surface area contributed by atoms with E-state index in [1.807, 2.05) is 42.1 Å². The number of furan rings is 2. The van der Waals surface area contributed by atoms with Crippen molar-refractivity contribution >= 4 is 94.5 Å². The van der Waals surface area contributed by atoms with E-state index in [2.05, 4.69) is 169 Å². The number of rotatable bonds is 7. The summed E-state index contributed by atoms with van der Waals surface area (Å²) in [4.78, 5) is 2.88. The van der Waals surface area contributed by atoms with Gasteiger partial charge in [0.2, 0.25) is 0 Å². The number of hydrogen-bond acceptors (Lipinski definition) is 4. The number of aromatic nitrogens is 1. The molecular weight excluding hydrogens is 753 g/mol. The Kier molecular flexibility index (Phi) is 8.07. The minimum absolute atomic E-state index is 0.0642. The number of thioether (sulfide) groups is 1. The molecule has 1 N–H and O–H groups in total. The van der Waals surface area contributed by atoms with Gasteiger partial charge in [-0.2, -0.15) is 0 Å². The van der Waals surface area contributed by atoms with Gasteiger partial charge < -0.3 is 18.7 Å². The Balaban J connectivity index is 0.956. The SMILES string of the molecule is C=C/C=C(\C=C(/C)c1ccc2oc3ccccc3c2c1)n1c2c(c3ccccc31)=C1SC3=C(C=CC(Nc4ccc5oc6ccccc6c5c4)C3c3ccccc3)C1CC=2. The van der Waals surface area contributed by atoms with Crippen molar-refractivity contribution in [3.05, 3.63) is 209 Å². The summed E-state index contributed by atoms with van der Waals surface area (Å²) < 4.78 is 14.8. The normalized spacial score (nSPS) is 19.0. The summed E-state index contributed by atoms with van der Waals surface area (Å²) in [5.74, 6) is 0.448. The molecular formula is C55H40N2O2S. The summed E-state index contributed by atoms with van der Waals surface area (Å²) in [6.45, 7) is 6.38. The van der Waals surface area contributed by atoms with Crippen LogP contribution in [0.2, 0.25) is 0 Å². The molecule has 3 aliphatic rings. The van der Waals surface area contributed by atoms with Gasteiger partial charge in [0, 0.05) is 65.2 Å². The van der Waals surface area contributed by atoms with E-state index in [-0.39, 0.29) is 12.0 Å². The molecule has 0 fully saturated rings. The summed E-state index contributed by atoms with van der Waals surface area (Å²) in [5.41, 5.74) is 12.1. The van der Waals surface area contributed by atoms with E-state index >= 15 is 0 Å². The molecule has 0 radical (unpaired) electrons. The quantitative estimate of drug-likeness (QED) is 0.163. The molecule has 0 saturated heterocycles. The van der Waals surface area contributed by atoms with E-state index in [1.54, 1.807) is 0 Å². The standard InChI is InChI=1S/C55H40N2O2S/c1-3-13-37(30-33(2)35-22-28-50-43(31-35)38-16-8-11-20-48(38)58-50)57-46-19-10-7-18-42(46)53-47(57)27-25-41-40-24-26-45(52(54(40)60-55(41)53)34-14-5-4-6-15-34)56-36-23-29-51-44(32-36)39-17-9-12-21-49(39)59-51/h3-24,26-32,41,45,52,56H,1,25H2,2H3/b33-30+,37-13+. The minimum atomic E-state index is 0.0642. The molecule has 5 heteroatoms. The second-order valence-electron chi connectivity index (χ2n) is 16.1. The monoisotopic (exact) mass is 792 g/mol. The Hall–Kier alpha value is -6.95. The summed E-state index contributed by atoms with van der Waals surface area (Å²) in [7, 11) is 0. The molecule has 1 aliphatic heterocycles. The number of anilines is 1. The summed E-state index contributed by atoms with van der Waals surface area (Å²) in [6.07, 6.45) is 14.6. The van der Waals surface area contributed by atoms with Crippen LogP contribution in [0.5, 0.6) is 0 Å². The van der Waals surface area contributed by atoms with Crippen LogP contribution in [0.25, 0.3) is 77.0 Å². The molecule has 0 amide bonds. The first-order valence-electron chi connectivity index (χ1n) is 20.7. The van der Waals surface area contributed by atoms with Gasteiger partial charge in [-0.05, 0) is 96.3 Å². The first-order valence-corrected chi connectivity index (χ1v) is 21.5. The zero-order chi connectivity index (χ0) is 39.9. The van der Waals surface area contributed by atoms with Crippen LogP contribution in [0.15, 0.2) is 196 Å². The number of para-hydroxylation sites is 3. The molecule has 4 heterocycles. The molecule has 12 rings (SSSR count). The van der Waals surface area contributed by atoms with Gasteiger partial charge in [-0.15, -0.1) is 0 Å². The Labute approximate surface area is 351 Å². The zero-order valence-corrected chi connectivity index (χ0v) is 33.9. The predicted molar refractivity (Wildman–Crippen MR) is 253 cm³/mol. The Morgan fingerprint density at radius 1 is 0.717 bits per heavy atom. The van der Waals surface area contributed by atoms with Crippen molar-refractivity contribution in [3.8, 4) is 0 Å². The molecule has 3 atom stereocenters. The molecule has 0 spiro atoms. The molecule has 6 aromatic carbocycles. The lowest BCUT2D eigenvalue weighted by molar-refractivity contribution is 0.668. The molecule has 288 valence electrons. The predicted octanol–water partition coefficient (Wildman–Crippen LogP) is 13.3. The maximum absolute atomic E-state index is 6.18. The number of fused-ring (bicyclic) bond motifs is 11. The second kappa shape index (κ2) is 13.8. The Morgan fingerprint density at radius 3 is 2.15 bits per heavy atom. The number of nitrogens with zero attached hydrogens (tertiary/aromatic N) is 1. The van der Waals surface area contributed by atoms with Gasteiger partial charge in [0.1, 0.15) is 22.3 Å². The third-order valence-corrected chi connectivity index (χ3v) is 14.1. The fourth-order valence-corrected chi connectivity index (χ4v) is 11.6. The Bertz CT molecular complexity index is 3520. The molecule has 2 aliphatic carbocycles. The van der Waals surface area contributed by atoms with Crippen molar-refractivity contribution in [1.29, 1.82) is 0 Å². The average molecular weight is 793 g/mol. The largest absolute Gasteiger partial charge is 0.456 e. The molecule has 4 nitrogen and oxygen atoms in total. The number of benzene rings is 6. The molecule has 3 unspecified atom stereocenters. The highest BCUT2D eigenvalue weighted by atomic mass is 32.2. The van der Waals surface area contributed by atoms with Crippen molar-refractivity contribution in [1.82, 2.24) is 4.57 Å². The van der Waals surface area contributed by atoms with Gasteiger partial charge in [0.25, 0.3) is 0 Å². The third kappa shape index (κ3) is 5.46. The van der Waals surface area contributed by atoms with Crippen LogP contribution in [0.4, 0.5) is 5.69 Å². The summed E-state index contributed by atoms with van der Waals surface area (Å²) in [5, 5.41) is 12.4. The van der Waals surface area contributed by atoms with E-state index in [4.69, 9.17) is 8.83 Å². The van der Waals surface area contributed by atoms with Crippen LogP contribution in [0.1, 0.15) is 30.4 Å². The maximum Gasteiger partial charge on any atom is 0.135 e. The van der Waals surface area contributed by atoms with E-state index in [9.17, 15) is 0 Å². The van der Waals surface area contributed by atoms with E-state index in [0.717, 1.165) is 67.2 Å². The van der Waals surface area contributed by atoms with Crippen LogP contribution >= 0.6 is 11.8 Å². The van der Waals surface area contributed by atoms with Crippen molar-refractivity contribution in [3.63, 3.8) is 0 Å². The highest BCUT2D eigenvalue weighted by Crippen LogP contribution is 2.56. The van der Waals surface area contributed by atoms with E-state index in [0.29, 0.717) is 5.92 Å². The van der Waals surface area contributed by atoms with Gasteiger partial charge in [-0.3, -0.25) is 0 Å². The lowest BCUT2D eigenvalue weighted by Gasteiger charge is -2.31. The van der Waals surface area contributed by atoms with Crippen LogP contribution < -0.4 is 15.9 Å². The first kappa shape index (κ1) is 35.0. The zero-order valence-electron chi connectivity index (χ0n) is 33.1. The third-order valence-electron chi connectivity index (χ3n) is 12.6. The van der Waals surface area contributed by atoms with Crippen LogP contribution in [-0.4, -0.2) is 10.6 Å². The molecule has 9 aromatic rings. The molecule has 60 heavy (non-hydrogen) atoms. The fourth-order valence-electron chi connectivity index (χ4n) is 9.91. The van der Waals surface area contributed by atoms with Crippen LogP contribution in [0, 0.1) is 5.92 Å². The molecule has 0 saturated carbocycles. The first-order chi connectivity index (χ1) is 29.6. The maximum atomic E-state index is 6.18. The topological polar surface area (TPSA) is 43.2 Å². The summed E-state index contributed by atoms with van der Waals surface area (Å²) >= 11 is 2.00. The van der Waals surface area contributed by atoms with Crippen molar-refractivity contribution < 1.29 is 8.83 Å². The lowest BCUT2D eigenvalue weighted by atomic mass is 9.80. The molecule has 0 bridgehead atoms. The Morgan fingerprint density at radius 2 is 1.38 bits per heavy atom. The van der Waals surface area contributed by atoms with Crippen molar-refractivity contribution in [2.75, 3.05) is 5.32 Å². The van der Waals surface area contributed by atoms with Gasteiger partial charge in [-0.25, -0.2) is 0 Å². The van der Waals surface area contributed by atoms with E-state index < -0.39 is 0 Å². The van der Waals surface area contributed by atoms with E-state index in [1.165, 1.54) is 48.0 Å². The average Bonchev–Trinajstić information content (AvgIpc) is 4.05. The van der Waals surface area contributed by atoms with Crippen LogP contribution in [-0.2, 0) is 0 Å². The van der Waals surface area contributed by atoms with Gasteiger partial charge in [-0.1, -0.05) is 134 Å². The molecule has 3 aromatic heterocycles.